The van der Waals surface area contributed by atoms with Gasteiger partial charge in [-0.2, -0.15) is 0 Å². The molecule has 0 saturated carbocycles. The molecule has 2 heterocycles. The number of nitrogens with one attached hydrogen (secondary N) is 2. The molecule has 0 amide bonds. The molecule has 2 aromatic heterocycles. The summed E-state index contributed by atoms with van der Waals surface area (Å²) in [5.41, 5.74) is 2.93. The van der Waals surface area contributed by atoms with E-state index in [4.69, 9.17) is 28.3 Å². The summed E-state index contributed by atoms with van der Waals surface area (Å²) in [6.45, 7) is 5.80. The van der Waals surface area contributed by atoms with E-state index in [2.05, 4.69) is 34.4 Å². The van der Waals surface area contributed by atoms with E-state index in [1.165, 1.54) is 6.20 Å². The highest BCUT2D eigenvalue weighted by Gasteiger charge is 2.02. The fourth-order valence-electron chi connectivity index (χ4n) is 1.96. The first-order valence-corrected chi connectivity index (χ1v) is 9.15. The van der Waals surface area contributed by atoms with Crippen LogP contribution in [0.2, 0.25) is 10.3 Å². The van der Waals surface area contributed by atoms with Gasteiger partial charge in [-0.25, -0.2) is 9.97 Å². The van der Waals surface area contributed by atoms with Crippen molar-refractivity contribution in [2.24, 2.45) is 0 Å². The van der Waals surface area contributed by atoms with Crippen LogP contribution in [-0.4, -0.2) is 34.5 Å². The summed E-state index contributed by atoms with van der Waals surface area (Å²) in [6.07, 6.45) is 5.85. The topological polar surface area (TPSA) is 87.1 Å². The molecule has 0 aliphatic carbocycles. The SMILES string of the molecule is CCCNc1cc(Cl)ncc1C=O.CCCNc1cc(Cl)ncc1CO. The van der Waals surface area contributed by atoms with Crippen molar-refractivity contribution >= 4 is 40.9 Å². The molecule has 2 rings (SSSR count). The molecule has 0 saturated heterocycles. The zero-order valence-corrected chi connectivity index (χ0v) is 16.4. The van der Waals surface area contributed by atoms with Crippen LogP contribution in [0.4, 0.5) is 11.4 Å². The Labute approximate surface area is 164 Å². The predicted octanol–water partition coefficient (Wildman–Crippen LogP) is 4.42. The Bertz CT molecular complexity index is 699. The Kier molecular flexibility index (Phi) is 10.6. The van der Waals surface area contributed by atoms with E-state index in [0.29, 0.717) is 15.9 Å². The highest BCUT2D eigenvalue weighted by Crippen LogP contribution is 2.18. The monoisotopic (exact) mass is 398 g/mol. The molecule has 8 heteroatoms. The van der Waals surface area contributed by atoms with Crippen molar-refractivity contribution < 1.29 is 9.90 Å². The fraction of sp³-hybridized carbons (Fsp3) is 0.389. The minimum Gasteiger partial charge on any atom is -0.392 e. The number of aliphatic hydroxyl groups excluding tert-OH is 1. The number of carbonyl (C=O) groups is 1. The number of anilines is 2. The normalized spacial score (nSPS) is 9.88. The highest BCUT2D eigenvalue weighted by atomic mass is 35.5. The second-order valence-electron chi connectivity index (χ2n) is 5.39. The average Bonchev–Trinajstić information content (AvgIpc) is 2.65. The van der Waals surface area contributed by atoms with Crippen molar-refractivity contribution in [1.29, 1.82) is 0 Å². The second kappa shape index (κ2) is 12.5. The fourth-order valence-corrected chi connectivity index (χ4v) is 2.27. The maximum atomic E-state index is 10.6. The Morgan fingerprint density at radius 3 is 2.08 bits per heavy atom. The Morgan fingerprint density at radius 1 is 1.00 bits per heavy atom. The summed E-state index contributed by atoms with van der Waals surface area (Å²) in [4.78, 5) is 18.3. The van der Waals surface area contributed by atoms with Crippen molar-refractivity contribution in [3.63, 3.8) is 0 Å². The number of aliphatic hydroxyl groups is 1. The van der Waals surface area contributed by atoms with Crippen molar-refractivity contribution in [2.75, 3.05) is 23.7 Å². The molecule has 6 nitrogen and oxygen atoms in total. The average molecular weight is 399 g/mol. The lowest BCUT2D eigenvalue weighted by atomic mass is 10.2. The molecule has 142 valence electrons. The second-order valence-corrected chi connectivity index (χ2v) is 6.16. The van der Waals surface area contributed by atoms with Crippen LogP contribution in [0.15, 0.2) is 24.5 Å². The summed E-state index contributed by atoms with van der Waals surface area (Å²) in [5, 5.41) is 16.1. The maximum Gasteiger partial charge on any atom is 0.153 e. The van der Waals surface area contributed by atoms with Gasteiger partial charge in [0.15, 0.2) is 6.29 Å². The first-order valence-electron chi connectivity index (χ1n) is 8.39. The molecule has 3 N–H and O–H groups in total. The van der Waals surface area contributed by atoms with Gasteiger partial charge in [-0.05, 0) is 25.0 Å². The number of aromatic nitrogens is 2. The standard InChI is InChI=1S/C9H13ClN2O.C9H11ClN2O/c2*1-2-3-11-8-4-9(10)12-5-7(8)6-13/h4-5,13H,2-3,6H2,1H3,(H,11,12);4-6H,2-3H2,1H3,(H,11,12). The third-order valence-electron chi connectivity index (χ3n) is 3.28. The number of carbonyl (C=O) groups excluding carboxylic acids is 1. The first-order chi connectivity index (χ1) is 12.5. The number of pyridine rings is 2. The van der Waals surface area contributed by atoms with E-state index in [0.717, 1.165) is 49.2 Å². The van der Waals surface area contributed by atoms with Gasteiger partial charge in [-0.3, -0.25) is 4.79 Å². The van der Waals surface area contributed by atoms with Gasteiger partial charge in [0.05, 0.1) is 12.2 Å². The molecular formula is C18H24Cl2N4O2. The van der Waals surface area contributed by atoms with Crippen LogP contribution >= 0.6 is 23.2 Å². The molecule has 0 aromatic carbocycles. The van der Waals surface area contributed by atoms with Gasteiger partial charge >= 0.3 is 0 Å². The number of aldehydes is 1. The van der Waals surface area contributed by atoms with Crippen LogP contribution in [0.25, 0.3) is 0 Å². The minimum atomic E-state index is -0.0176. The van der Waals surface area contributed by atoms with Gasteiger partial charge in [0, 0.05) is 42.4 Å². The molecular weight excluding hydrogens is 375 g/mol. The third-order valence-corrected chi connectivity index (χ3v) is 3.70. The number of hydrogen-bond donors (Lipinski definition) is 3. The molecule has 0 radical (unpaired) electrons. The van der Waals surface area contributed by atoms with E-state index in [1.54, 1.807) is 18.3 Å². The zero-order chi connectivity index (χ0) is 19.4. The van der Waals surface area contributed by atoms with E-state index < -0.39 is 0 Å². The molecule has 0 aliphatic heterocycles. The van der Waals surface area contributed by atoms with Crippen molar-refractivity contribution in [2.45, 2.75) is 33.3 Å². The van der Waals surface area contributed by atoms with E-state index in [1.807, 2.05) is 0 Å². The van der Waals surface area contributed by atoms with Gasteiger partial charge in [-0.15, -0.1) is 0 Å². The van der Waals surface area contributed by atoms with Crippen molar-refractivity contribution in [3.8, 4) is 0 Å². The molecule has 0 fully saturated rings. The predicted molar refractivity (Wildman–Crippen MR) is 107 cm³/mol. The van der Waals surface area contributed by atoms with E-state index in [-0.39, 0.29) is 6.61 Å². The Hall–Kier alpha value is -1.89. The number of nitrogens with zero attached hydrogens (tertiary/aromatic N) is 2. The summed E-state index contributed by atoms with van der Waals surface area (Å²) < 4.78 is 0. The largest absolute Gasteiger partial charge is 0.392 e. The lowest BCUT2D eigenvalue weighted by Gasteiger charge is -2.08. The molecule has 0 unspecified atom stereocenters. The van der Waals surface area contributed by atoms with Crippen LogP contribution in [0, 0.1) is 0 Å². The zero-order valence-electron chi connectivity index (χ0n) is 14.9. The van der Waals surface area contributed by atoms with Crippen LogP contribution in [0.1, 0.15) is 42.6 Å². The van der Waals surface area contributed by atoms with Gasteiger partial charge in [0.2, 0.25) is 0 Å². The lowest BCUT2D eigenvalue weighted by molar-refractivity contribution is 0.112. The minimum absolute atomic E-state index is 0.0176. The maximum absolute atomic E-state index is 10.6. The number of rotatable bonds is 8. The van der Waals surface area contributed by atoms with Gasteiger partial charge in [0.1, 0.15) is 10.3 Å². The molecule has 2 aromatic rings. The number of hydrogen-bond acceptors (Lipinski definition) is 6. The molecule has 0 bridgehead atoms. The van der Waals surface area contributed by atoms with Crippen molar-refractivity contribution in [3.05, 3.63) is 46.0 Å². The van der Waals surface area contributed by atoms with Gasteiger partial charge in [0.25, 0.3) is 0 Å². The number of halogens is 2. The summed E-state index contributed by atoms with van der Waals surface area (Å²) >= 11 is 11.4. The van der Waals surface area contributed by atoms with E-state index >= 15 is 0 Å². The summed E-state index contributed by atoms with van der Waals surface area (Å²) in [6, 6.07) is 3.38. The molecule has 0 atom stereocenters. The van der Waals surface area contributed by atoms with Crippen LogP contribution in [0.3, 0.4) is 0 Å². The van der Waals surface area contributed by atoms with E-state index in [9.17, 15) is 4.79 Å². The van der Waals surface area contributed by atoms with Gasteiger partial charge in [-0.1, -0.05) is 37.0 Å². The molecule has 0 spiro atoms. The molecule has 26 heavy (non-hydrogen) atoms. The van der Waals surface area contributed by atoms with Gasteiger partial charge < -0.3 is 15.7 Å². The molecule has 0 aliphatic rings. The smallest absolute Gasteiger partial charge is 0.153 e. The lowest BCUT2D eigenvalue weighted by Crippen LogP contribution is -2.03. The van der Waals surface area contributed by atoms with Crippen LogP contribution < -0.4 is 10.6 Å². The van der Waals surface area contributed by atoms with Crippen LogP contribution in [-0.2, 0) is 6.61 Å². The highest BCUT2D eigenvalue weighted by molar-refractivity contribution is 6.30. The van der Waals surface area contributed by atoms with Crippen LogP contribution in [0.5, 0.6) is 0 Å². The first kappa shape index (κ1) is 22.2. The Balaban J connectivity index is 0.000000260. The Morgan fingerprint density at radius 2 is 1.54 bits per heavy atom. The quantitative estimate of drug-likeness (QED) is 0.450. The third kappa shape index (κ3) is 7.56. The summed E-state index contributed by atoms with van der Waals surface area (Å²) in [7, 11) is 0. The summed E-state index contributed by atoms with van der Waals surface area (Å²) in [5.74, 6) is 0. The van der Waals surface area contributed by atoms with Crippen molar-refractivity contribution in [1.82, 2.24) is 9.97 Å².